The van der Waals surface area contributed by atoms with Crippen molar-refractivity contribution >= 4 is 17.3 Å². The zero-order chi connectivity index (χ0) is 13.9. The van der Waals surface area contributed by atoms with Gasteiger partial charge in [0.05, 0.1) is 12.2 Å². The molecule has 0 unspecified atom stereocenters. The van der Waals surface area contributed by atoms with Gasteiger partial charge in [-0.3, -0.25) is 9.89 Å². The lowest BCUT2D eigenvalue weighted by atomic mass is 10.1. The molecule has 0 bridgehead atoms. The maximum absolute atomic E-state index is 11.5. The van der Waals surface area contributed by atoms with Gasteiger partial charge in [0.25, 0.3) is 5.56 Å². The van der Waals surface area contributed by atoms with Gasteiger partial charge in [0, 0.05) is 18.7 Å². The van der Waals surface area contributed by atoms with Gasteiger partial charge in [-0.05, 0) is 24.2 Å². The molecule has 0 spiro atoms. The Morgan fingerprint density at radius 1 is 1.30 bits per heavy atom. The maximum Gasteiger partial charge on any atom is 0.267 e. The molecule has 2 heterocycles. The molecule has 0 fully saturated rings. The van der Waals surface area contributed by atoms with E-state index >= 15 is 0 Å². The molecule has 3 N–H and O–H groups in total. The largest absolute Gasteiger partial charge is 0.358 e. The van der Waals surface area contributed by atoms with Crippen LogP contribution in [0.1, 0.15) is 16.8 Å². The van der Waals surface area contributed by atoms with Crippen LogP contribution in [0.5, 0.6) is 0 Å². The van der Waals surface area contributed by atoms with E-state index in [-0.39, 0.29) is 5.56 Å². The molecule has 1 aliphatic heterocycles. The van der Waals surface area contributed by atoms with Crippen LogP contribution in [-0.4, -0.2) is 26.8 Å². The summed E-state index contributed by atoms with van der Waals surface area (Å²) >= 11 is 5.42. The average Bonchev–Trinajstić information content (AvgIpc) is 2.87. The number of benzene rings is 1. The molecule has 2 aromatic rings. The van der Waals surface area contributed by atoms with Crippen molar-refractivity contribution in [2.24, 2.45) is 0 Å². The van der Waals surface area contributed by atoms with Crippen molar-refractivity contribution in [3.63, 3.8) is 0 Å². The van der Waals surface area contributed by atoms with E-state index in [2.05, 4.69) is 32.5 Å². The van der Waals surface area contributed by atoms with E-state index in [4.69, 9.17) is 12.2 Å². The van der Waals surface area contributed by atoms with Crippen LogP contribution < -0.4 is 10.9 Å². The van der Waals surface area contributed by atoms with Crippen LogP contribution in [0.3, 0.4) is 0 Å². The molecule has 1 aliphatic rings. The topological polar surface area (TPSA) is 63.9 Å². The molecule has 0 amide bonds. The summed E-state index contributed by atoms with van der Waals surface area (Å²) < 4.78 is 0. The van der Waals surface area contributed by atoms with Crippen LogP contribution in [0.2, 0.25) is 0 Å². The summed E-state index contributed by atoms with van der Waals surface area (Å²) in [5, 5.41) is 9.53. The highest BCUT2D eigenvalue weighted by Crippen LogP contribution is 2.13. The third-order valence-electron chi connectivity index (χ3n) is 3.52. The smallest absolute Gasteiger partial charge is 0.267 e. The fraction of sp³-hybridized carbons (Fsp3) is 0.286. The van der Waals surface area contributed by atoms with Crippen molar-refractivity contribution in [1.29, 1.82) is 0 Å². The first-order chi connectivity index (χ1) is 9.74. The number of nitrogens with zero attached hydrogens (tertiary/aromatic N) is 1. The number of thiocarbonyl (C=S) groups is 1. The fourth-order valence-electron chi connectivity index (χ4n) is 2.39. The molecule has 20 heavy (non-hydrogen) atoms. The molecule has 0 saturated heterocycles. The van der Waals surface area contributed by atoms with Gasteiger partial charge in [0.2, 0.25) is 0 Å². The van der Waals surface area contributed by atoms with Gasteiger partial charge >= 0.3 is 0 Å². The summed E-state index contributed by atoms with van der Waals surface area (Å²) in [6, 6.07) is 10.1. The summed E-state index contributed by atoms with van der Waals surface area (Å²) in [6.45, 7) is 2.13. The van der Waals surface area contributed by atoms with E-state index in [1.165, 1.54) is 5.56 Å². The molecule has 1 aromatic heterocycles. The number of fused-ring (bicyclic) bond motifs is 1. The van der Waals surface area contributed by atoms with Crippen LogP contribution in [0.25, 0.3) is 0 Å². The molecule has 0 saturated carbocycles. The van der Waals surface area contributed by atoms with Gasteiger partial charge in [0.15, 0.2) is 5.11 Å². The van der Waals surface area contributed by atoms with Crippen molar-refractivity contribution < 1.29 is 0 Å². The lowest BCUT2D eigenvalue weighted by molar-refractivity contribution is 0.382. The van der Waals surface area contributed by atoms with E-state index in [0.717, 1.165) is 29.3 Å². The van der Waals surface area contributed by atoms with Gasteiger partial charge in [-0.1, -0.05) is 30.3 Å². The van der Waals surface area contributed by atoms with Crippen LogP contribution in [0.4, 0.5) is 0 Å². The first-order valence-corrected chi connectivity index (χ1v) is 7.00. The second-order valence-electron chi connectivity index (χ2n) is 4.85. The summed E-state index contributed by atoms with van der Waals surface area (Å²) in [7, 11) is 0. The van der Waals surface area contributed by atoms with Gasteiger partial charge < -0.3 is 15.3 Å². The second kappa shape index (κ2) is 5.50. The monoisotopic (exact) mass is 288 g/mol. The normalized spacial score (nSPS) is 13.9. The van der Waals surface area contributed by atoms with E-state index in [9.17, 15) is 4.79 Å². The highest BCUT2D eigenvalue weighted by molar-refractivity contribution is 7.80. The lowest BCUT2D eigenvalue weighted by Gasteiger charge is -2.28. The lowest BCUT2D eigenvalue weighted by Crippen LogP contribution is -2.42. The molecule has 0 aliphatic carbocycles. The molecule has 0 radical (unpaired) electrons. The van der Waals surface area contributed by atoms with Crippen molar-refractivity contribution in [3.8, 4) is 0 Å². The third kappa shape index (κ3) is 2.60. The fourth-order valence-corrected chi connectivity index (χ4v) is 2.62. The Bertz CT molecular complexity index is 661. The zero-order valence-corrected chi connectivity index (χ0v) is 11.8. The zero-order valence-electron chi connectivity index (χ0n) is 11.0. The van der Waals surface area contributed by atoms with Gasteiger partial charge in [-0.15, -0.1) is 0 Å². The first kappa shape index (κ1) is 12.9. The molecular formula is C14H16N4OS. The third-order valence-corrected chi connectivity index (χ3v) is 3.92. The minimum atomic E-state index is -0.0113. The van der Waals surface area contributed by atoms with E-state index < -0.39 is 0 Å². The molecule has 104 valence electrons. The summed E-state index contributed by atoms with van der Waals surface area (Å²) in [5.41, 5.74) is 2.97. The number of H-pyrrole nitrogens is 2. The van der Waals surface area contributed by atoms with E-state index in [1.54, 1.807) is 0 Å². The first-order valence-electron chi connectivity index (χ1n) is 6.59. The maximum atomic E-state index is 11.5. The van der Waals surface area contributed by atoms with E-state index in [0.29, 0.717) is 13.1 Å². The quantitative estimate of drug-likeness (QED) is 0.725. The van der Waals surface area contributed by atoms with Crippen molar-refractivity contribution in [2.75, 3.05) is 6.54 Å². The molecule has 0 atom stereocenters. The van der Waals surface area contributed by atoms with Crippen molar-refractivity contribution in [2.45, 2.75) is 19.5 Å². The van der Waals surface area contributed by atoms with Gasteiger partial charge in [0.1, 0.15) is 0 Å². The van der Waals surface area contributed by atoms with Crippen molar-refractivity contribution in [3.05, 3.63) is 57.5 Å². The van der Waals surface area contributed by atoms with Crippen LogP contribution >= 0.6 is 12.2 Å². The Morgan fingerprint density at radius 3 is 2.90 bits per heavy atom. The van der Waals surface area contributed by atoms with Crippen LogP contribution in [-0.2, 0) is 19.5 Å². The van der Waals surface area contributed by atoms with E-state index in [1.807, 2.05) is 18.2 Å². The minimum absolute atomic E-state index is 0.0113. The predicted molar refractivity (Wildman–Crippen MR) is 81.4 cm³/mol. The Hall–Kier alpha value is -2.08. The highest BCUT2D eigenvalue weighted by Gasteiger charge is 2.21. The van der Waals surface area contributed by atoms with Crippen LogP contribution in [0.15, 0.2) is 35.1 Å². The molecule has 3 rings (SSSR count). The average molecular weight is 288 g/mol. The number of rotatable bonds is 2. The highest BCUT2D eigenvalue weighted by atomic mass is 32.1. The number of aromatic amines is 2. The van der Waals surface area contributed by atoms with Gasteiger partial charge in [-0.25, -0.2) is 0 Å². The predicted octanol–water partition coefficient (Wildman–Crippen LogP) is 1.14. The number of aromatic nitrogens is 2. The second-order valence-corrected chi connectivity index (χ2v) is 5.24. The molecule has 1 aromatic carbocycles. The Kier molecular flexibility index (Phi) is 3.56. The standard InChI is InChI=1S/C14H16N4OS/c19-13-11-6-7-18(9-12(11)16-17-13)14(20)15-8-10-4-2-1-3-5-10/h1-5H,6-9H2,(H,15,20)(H2,16,17,19). The number of hydrogen-bond acceptors (Lipinski definition) is 2. The Labute approximate surface area is 122 Å². The molecular weight excluding hydrogens is 272 g/mol. The number of nitrogens with one attached hydrogen (secondary N) is 3. The SMILES string of the molecule is O=c1[nH][nH]c2c1CCN(C(=S)NCc1ccccc1)C2. The summed E-state index contributed by atoms with van der Waals surface area (Å²) in [5.74, 6) is 0. The molecule has 6 heteroatoms. The Balaban J connectivity index is 1.60. The van der Waals surface area contributed by atoms with Crippen LogP contribution in [0, 0.1) is 0 Å². The van der Waals surface area contributed by atoms with Gasteiger partial charge in [-0.2, -0.15) is 0 Å². The molecule has 5 nitrogen and oxygen atoms in total. The summed E-state index contributed by atoms with van der Waals surface area (Å²) in [4.78, 5) is 13.6. The summed E-state index contributed by atoms with van der Waals surface area (Å²) in [6.07, 6.45) is 0.724. The van der Waals surface area contributed by atoms with Crippen molar-refractivity contribution in [1.82, 2.24) is 20.4 Å². The number of hydrogen-bond donors (Lipinski definition) is 3. The Morgan fingerprint density at radius 2 is 2.10 bits per heavy atom. The minimum Gasteiger partial charge on any atom is -0.358 e.